The molecule has 1 aromatic heterocycles. The van der Waals surface area contributed by atoms with E-state index >= 15 is 0 Å². The second kappa shape index (κ2) is 7.70. The number of aromatic nitrogens is 1. The zero-order valence-corrected chi connectivity index (χ0v) is 15.6. The van der Waals surface area contributed by atoms with Gasteiger partial charge in [-0.2, -0.15) is 0 Å². The van der Waals surface area contributed by atoms with Crippen LogP contribution in [-0.4, -0.2) is 54.1 Å². The lowest BCUT2D eigenvalue weighted by molar-refractivity contribution is -0.122. The lowest BCUT2D eigenvalue weighted by Crippen LogP contribution is -2.46. The fourth-order valence-electron chi connectivity index (χ4n) is 2.74. The first-order valence-corrected chi connectivity index (χ1v) is 8.36. The summed E-state index contributed by atoms with van der Waals surface area (Å²) in [4.78, 5) is 26.4. The number of hydrogen-bond acceptors (Lipinski definition) is 3. The highest BCUT2D eigenvalue weighted by atomic mass is 16.5. The van der Waals surface area contributed by atoms with Gasteiger partial charge in [0.15, 0.2) is 0 Å². The number of hydrogen-bond donors (Lipinski definition) is 1. The van der Waals surface area contributed by atoms with Crippen molar-refractivity contribution in [2.75, 3.05) is 27.3 Å². The molecule has 0 saturated carbocycles. The summed E-state index contributed by atoms with van der Waals surface area (Å²) < 4.78 is 7.15. The van der Waals surface area contributed by atoms with Crippen molar-refractivity contribution in [2.45, 2.75) is 32.9 Å². The summed E-state index contributed by atoms with van der Waals surface area (Å²) in [5.41, 5.74) is 1.25. The maximum absolute atomic E-state index is 12.8. The van der Waals surface area contributed by atoms with Crippen LogP contribution in [-0.2, 0) is 16.1 Å². The lowest BCUT2D eigenvalue weighted by Gasteiger charge is -2.23. The number of amides is 2. The van der Waals surface area contributed by atoms with Crippen molar-refractivity contribution in [1.29, 1.82) is 0 Å². The number of rotatable bonds is 6. The molecule has 1 aromatic carbocycles. The summed E-state index contributed by atoms with van der Waals surface area (Å²) in [6, 6.07) is 7.76. The normalized spacial score (nSPS) is 11.6. The predicted octanol–water partition coefficient (Wildman–Crippen LogP) is 2.27. The molecule has 1 N–H and O–H groups in total. The molecule has 2 aromatic rings. The van der Waals surface area contributed by atoms with Crippen molar-refractivity contribution in [3.63, 3.8) is 0 Å². The van der Waals surface area contributed by atoms with Crippen molar-refractivity contribution in [3.05, 3.63) is 36.0 Å². The van der Waals surface area contributed by atoms with Gasteiger partial charge < -0.3 is 19.5 Å². The smallest absolute Gasteiger partial charge is 0.256 e. The maximum Gasteiger partial charge on any atom is 0.256 e. The molecule has 1 heterocycles. The van der Waals surface area contributed by atoms with E-state index in [0.717, 1.165) is 10.9 Å². The molecule has 2 amide bonds. The molecule has 0 spiro atoms. The minimum atomic E-state index is -0.322. The van der Waals surface area contributed by atoms with Crippen molar-refractivity contribution < 1.29 is 14.3 Å². The van der Waals surface area contributed by atoms with E-state index in [2.05, 4.69) is 5.32 Å². The number of ether oxygens (including phenoxy) is 1. The standard InChI is InChI=1S/C19H27N3O3/c1-19(2,3)20-17(23)13-21(4)18(24)15-12-22(10-11-25-5)16-9-7-6-8-14(15)16/h6-9,12H,10-11,13H2,1-5H3,(H,20,23). The van der Waals surface area contributed by atoms with Crippen LogP contribution in [0.15, 0.2) is 30.5 Å². The first kappa shape index (κ1) is 19.0. The summed E-state index contributed by atoms with van der Waals surface area (Å²) >= 11 is 0. The van der Waals surface area contributed by atoms with Crippen LogP contribution >= 0.6 is 0 Å². The Morgan fingerprint density at radius 3 is 2.56 bits per heavy atom. The van der Waals surface area contributed by atoms with Crippen LogP contribution < -0.4 is 5.32 Å². The number of likely N-dealkylation sites (N-methyl/N-ethyl adjacent to an activating group) is 1. The topological polar surface area (TPSA) is 63.6 Å². The van der Waals surface area contributed by atoms with E-state index in [9.17, 15) is 9.59 Å². The van der Waals surface area contributed by atoms with Gasteiger partial charge in [-0.1, -0.05) is 18.2 Å². The monoisotopic (exact) mass is 345 g/mol. The molecule has 6 heteroatoms. The van der Waals surface area contributed by atoms with Crippen LogP contribution in [0.25, 0.3) is 10.9 Å². The third-order valence-electron chi connectivity index (χ3n) is 3.80. The molecule has 0 aliphatic heterocycles. The number of methoxy groups -OCH3 is 1. The van der Waals surface area contributed by atoms with Gasteiger partial charge in [0, 0.05) is 43.3 Å². The second-order valence-corrected chi connectivity index (χ2v) is 7.21. The lowest BCUT2D eigenvalue weighted by atomic mass is 10.1. The Bertz CT molecular complexity index is 759. The molecule has 25 heavy (non-hydrogen) atoms. The van der Waals surface area contributed by atoms with Crippen LogP contribution in [0, 0.1) is 0 Å². The second-order valence-electron chi connectivity index (χ2n) is 7.21. The van der Waals surface area contributed by atoms with Crippen LogP contribution in [0.2, 0.25) is 0 Å². The number of benzene rings is 1. The fourth-order valence-corrected chi connectivity index (χ4v) is 2.74. The first-order chi connectivity index (χ1) is 11.7. The Labute approximate surface area is 148 Å². The van der Waals surface area contributed by atoms with Gasteiger partial charge in [0.25, 0.3) is 5.91 Å². The highest BCUT2D eigenvalue weighted by Crippen LogP contribution is 2.22. The summed E-state index contributed by atoms with van der Waals surface area (Å²) in [6.45, 7) is 6.99. The molecule has 0 atom stereocenters. The van der Waals surface area contributed by atoms with Crippen LogP contribution in [0.3, 0.4) is 0 Å². The Kier molecular flexibility index (Phi) is 5.85. The molecule has 6 nitrogen and oxygen atoms in total. The maximum atomic E-state index is 12.8. The zero-order chi connectivity index (χ0) is 18.6. The molecule has 0 unspecified atom stereocenters. The van der Waals surface area contributed by atoms with E-state index in [4.69, 9.17) is 4.74 Å². The van der Waals surface area contributed by atoms with E-state index in [0.29, 0.717) is 18.7 Å². The Hall–Kier alpha value is -2.34. The minimum Gasteiger partial charge on any atom is -0.383 e. The Balaban J connectivity index is 2.22. The van der Waals surface area contributed by atoms with Crippen molar-refractivity contribution in [3.8, 4) is 0 Å². The van der Waals surface area contributed by atoms with Crippen molar-refractivity contribution in [2.24, 2.45) is 0 Å². The summed E-state index contributed by atoms with van der Waals surface area (Å²) in [7, 11) is 3.30. The molecular formula is C19H27N3O3. The fraction of sp³-hybridized carbons (Fsp3) is 0.474. The van der Waals surface area contributed by atoms with E-state index < -0.39 is 0 Å². The van der Waals surface area contributed by atoms with E-state index in [-0.39, 0.29) is 23.9 Å². The molecule has 0 aliphatic rings. The van der Waals surface area contributed by atoms with Crippen molar-refractivity contribution >= 4 is 22.7 Å². The van der Waals surface area contributed by atoms with Crippen LogP contribution in [0.4, 0.5) is 0 Å². The first-order valence-electron chi connectivity index (χ1n) is 8.36. The molecule has 0 saturated heterocycles. The number of nitrogens with one attached hydrogen (secondary N) is 1. The third kappa shape index (κ3) is 4.82. The molecule has 2 rings (SSSR count). The molecular weight excluding hydrogens is 318 g/mol. The number of carbonyl (C=O) groups is 2. The SMILES string of the molecule is COCCn1cc(C(=O)N(C)CC(=O)NC(C)(C)C)c2ccccc21. The Morgan fingerprint density at radius 1 is 1.24 bits per heavy atom. The molecule has 136 valence electrons. The van der Waals surface area contributed by atoms with Gasteiger partial charge in [0.2, 0.25) is 5.91 Å². The highest BCUT2D eigenvalue weighted by molar-refractivity contribution is 6.07. The largest absolute Gasteiger partial charge is 0.383 e. The number of para-hydroxylation sites is 1. The van der Waals surface area contributed by atoms with Gasteiger partial charge in [-0.25, -0.2) is 0 Å². The van der Waals surface area contributed by atoms with Gasteiger partial charge in [0.1, 0.15) is 0 Å². The summed E-state index contributed by atoms with van der Waals surface area (Å²) in [6.07, 6.45) is 1.84. The molecule has 0 aliphatic carbocycles. The van der Waals surface area contributed by atoms with E-state index in [1.165, 1.54) is 4.90 Å². The van der Waals surface area contributed by atoms with Gasteiger partial charge in [0.05, 0.1) is 18.7 Å². The van der Waals surface area contributed by atoms with Gasteiger partial charge in [-0.15, -0.1) is 0 Å². The van der Waals surface area contributed by atoms with Gasteiger partial charge in [-0.3, -0.25) is 9.59 Å². The number of nitrogens with zero attached hydrogens (tertiary/aromatic N) is 2. The third-order valence-corrected chi connectivity index (χ3v) is 3.80. The van der Waals surface area contributed by atoms with Crippen LogP contribution in [0.1, 0.15) is 31.1 Å². The molecule has 0 radical (unpaired) electrons. The Morgan fingerprint density at radius 2 is 1.92 bits per heavy atom. The molecule has 0 bridgehead atoms. The zero-order valence-electron chi connectivity index (χ0n) is 15.6. The average Bonchev–Trinajstić information content (AvgIpc) is 2.89. The van der Waals surface area contributed by atoms with E-state index in [1.807, 2.05) is 55.8 Å². The van der Waals surface area contributed by atoms with E-state index in [1.54, 1.807) is 14.2 Å². The van der Waals surface area contributed by atoms with Gasteiger partial charge in [-0.05, 0) is 26.8 Å². The highest BCUT2D eigenvalue weighted by Gasteiger charge is 2.21. The van der Waals surface area contributed by atoms with Crippen molar-refractivity contribution in [1.82, 2.24) is 14.8 Å². The van der Waals surface area contributed by atoms with Gasteiger partial charge >= 0.3 is 0 Å². The quantitative estimate of drug-likeness (QED) is 0.873. The minimum absolute atomic E-state index is 0.0215. The predicted molar refractivity (Wildman–Crippen MR) is 98.7 cm³/mol. The number of carbonyl (C=O) groups excluding carboxylic acids is 2. The average molecular weight is 345 g/mol. The summed E-state index contributed by atoms with van der Waals surface area (Å²) in [5.74, 6) is -0.345. The van der Waals surface area contributed by atoms with Crippen LogP contribution in [0.5, 0.6) is 0 Å². The summed E-state index contributed by atoms with van der Waals surface area (Å²) in [5, 5.41) is 3.75. The number of fused-ring (bicyclic) bond motifs is 1. The molecule has 0 fully saturated rings.